The molecule has 1 aliphatic heterocycles. The molecular formula is C17H16FN5O2. The second-order valence-corrected chi connectivity index (χ2v) is 6.14. The summed E-state index contributed by atoms with van der Waals surface area (Å²) >= 11 is 0. The Hall–Kier alpha value is -3.16. The zero-order valence-electron chi connectivity index (χ0n) is 13.6. The summed E-state index contributed by atoms with van der Waals surface area (Å²) < 4.78 is 16.0. The van der Waals surface area contributed by atoms with Gasteiger partial charge in [-0.15, -0.1) is 5.10 Å². The number of halogens is 1. The van der Waals surface area contributed by atoms with Crippen LogP contribution in [0.1, 0.15) is 16.1 Å². The summed E-state index contributed by atoms with van der Waals surface area (Å²) in [6, 6.07) is 7.41. The first kappa shape index (κ1) is 15.4. The molecule has 0 bridgehead atoms. The summed E-state index contributed by atoms with van der Waals surface area (Å²) in [5.74, 6) is -0.298. The van der Waals surface area contributed by atoms with Crippen LogP contribution in [-0.2, 0) is 13.1 Å². The SMILES string of the molecule is CN1CCn2c(cc3c(=O)n(Cc4ccc(F)cc4)nc(N)c32)C1=O. The Balaban J connectivity index is 1.86. The molecule has 0 unspecified atom stereocenters. The molecule has 0 aliphatic carbocycles. The Morgan fingerprint density at radius 2 is 1.92 bits per heavy atom. The number of hydrogen-bond donors (Lipinski definition) is 1. The third kappa shape index (κ3) is 2.37. The summed E-state index contributed by atoms with van der Waals surface area (Å²) in [7, 11) is 1.72. The molecule has 2 N–H and O–H groups in total. The lowest BCUT2D eigenvalue weighted by atomic mass is 10.2. The van der Waals surface area contributed by atoms with Crippen LogP contribution < -0.4 is 11.3 Å². The van der Waals surface area contributed by atoms with Crippen molar-refractivity contribution in [2.24, 2.45) is 0 Å². The third-order valence-electron chi connectivity index (χ3n) is 4.50. The molecular weight excluding hydrogens is 325 g/mol. The molecule has 4 rings (SSSR count). The Labute approximate surface area is 142 Å². The molecule has 128 valence electrons. The van der Waals surface area contributed by atoms with Crippen molar-refractivity contribution in [1.29, 1.82) is 0 Å². The zero-order chi connectivity index (χ0) is 17.7. The molecule has 8 heteroatoms. The van der Waals surface area contributed by atoms with Crippen LogP contribution in [0, 0.1) is 5.82 Å². The van der Waals surface area contributed by atoms with E-state index in [1.807, 2.05) is 0 Å². The fourth-order valence-electron chi connectivity index (χ4n) is 3.18. The predicted molar refractivity (Wildman–Crippen MR) is 90.9 cm³/mol. The van der Waals surface area contributed by atoms with Crippen molar-refractivity contribution in [3.8, 4) is 0 Å². The van der Waals surface area contributed by atoms with E-state index in [0.717, 1.165) is 5.56 Å². The van der Waals surface area contributed by atoms with Gasteiger partial charge >= 0.3 is 0 Å². The molecule has 1 aromatic carbocycles. The van der Waals surface area contributed by atoms with E-state index in [-0.39, 0.29) is 29.6 Å². The minimum absolute atomic E-state index is 0.147. The summed E-state index contributed by atoms with van der Waals surface area (Å²) in [6.07, 6.45) is 0. The van der Waals surface area contributed by atoms with Crippen molar-refractivity contribution < 1.29 is 9.18 Å². The normalized spacial score (nSPS) is 14.2. The summed E-state index contributed by atoms with van der Waals surface area (Å²) in [4.78, 5) is 26.7. The van der Waals surface area contributed by atoms with Gasteiger partial charge in [0.05, 0.1) is 17.4 Å². The number of likely N-dealkylation sites (N-methyl/N-ethyl adjacent to an activating group) is 1. The minimum atomic E-state index is -0.346. The largest absolute Gasteiger partial charge is 0.381 e. The maximum Gasteiger partial charge on any atom is 0.276 e. The third-order valence-corrected chi connectivity index (χ3v) is 4.50. The van der Waals surface area contributed by atoms with Gasteiger partial charge in [-0.3, -0.25) is 9.59 Å². The van der Waals surface area contributed by atoms with Crippen molar-refractivity contribution in [2.45, 2.75) is 13.1 Å². The molecule has 0 radical (unpaired) electrons. The van der Waals surface area contributed by atoms with Crippen LogP contribution in [0.15, 0.2) is 35.1 Å². The molecule has 0 saturated heterocycles. The Kier molecular flexibility index (Phi) is 3.34. The number of fused-ring (bicyclic) bond motifs is 3. The summed E-state index contributed by atoms with van der Waals surface area (Å²) in [5.41, 5.74) is 7.41. The topological polar surface area (TPSA) is 86.2 Å². The highest BCUT2D eigenvalue weighted by molar-refractivity contribution is 6.01. The van der Waals surface area contributed by atoms with E-state index in [1.54, 1.807) is 34.7 Å². The number of carbonyl (C=O) groups is 1. The molecule has 7 nitrogen and oxygen atoms in total. The highest BCUT2D eigenvalue weighted by Gasteiger charge is 2.26. The van der Waals surface area contributed by atoms with Crippen LogP contribution in [-0.4, -0.2) is 38.7 Å². The predicted octanol–water partition coefficient (Wildman–Crippen LogP) is 1.05. The number of amides is 1. The maximum atomic E-state index is 13.0. The number of nitrogen functional groups attached to an aromatic ring is 1. The van der Waals surface area contributed by atoms with Gasteiger partial charge < -0.3 is 15.2 Å². The molecule has 1 amide bonds. The van der Waals surface area contributed by atoms with Gasteiger partial charge in [-0.2, -0.15) is 0 Å². The van der Waals surface area contributed by atoms with Crippen LogP contribution in [0.5, 0.6) is 0 Å². The molecule has 0 spiro atoms. The van der Waals surface area contributed by atoms with Gasteiger partial charge in [0, 0.05) is 20.1 Å². The number of anilines is 1. The Bertz CT molecular complexity index is 1050. The number of carbonyl (C=O) groups excluding carboxylic acids is 1. The molecule has 0 fully saturated rings. The number of nitrogens with two attached hydrogens (primary N) is 1. The molecule has 3 heterocycles. The molecule has 3 aromatic rings. The molecule has 1 aliphatic rings. The highest BCUT2D eigenvalue weighted by atomic mass is 19.1. The summed E-state index contributed by atoms with van der Waals surface area (Å²) in [5, 5.41) is 4.55. The van der Waals surface area contributed by atoms with E-state index in [1.165, 1.54) is 16.8 Å². The number of rotatable bonds is 2. The molecule has 0 saturated carbocycles. The van der Waals surface area contributed by atoms with E-state index in [0.29, 0.717) is 29.7 Å². The van der Waals surface area contributed by atoms with Crippen LogP contribution in [0.3, 0.4) is 0 Å². The fraction of sp³-hybridized carbons (Fsp3) is 0.235. The second kappa shape index (κ2) is 5.44. The molecule has 0 atom stereocenters. The number of aromatic nitrogens is 3. The average molecular weight is 341 g/mol. The lowest BCUT2D eigenvalue weighted by Crippen LogP contribution is -2.37. The van der Waals surface area contributed by atoms with Crippen molar-refractivity contribution in [1.82, 2.24) is 19.2 Å². The van der Waals surface area contributed by atoms with E-state index < -0.39 is 0 Å². The fourth-order valence-corrected chi connectivity index (χ4v) is 3.18. The standard InChI is InChI=1S/C17H16FN5O2/c1-21-6-7-22-13(17(21)25)8-12-14(22)15(19)20-23(16(12)24)9-10-2-4-11(18)5-3-10/h2-5,8H,6-7,9H2,1H3,(H2,19,20). The lowest BCUT2D eigenvalue weighted by molar-refractivity contribution is 0.0751. The zero-order valence-corrected chi connectivity index (χ0v) is 13.6. The average Bonchev–Trinajstić information content (AvgIpc) is 2.99. The molecule has 2 aromatic heterocycles. The van der Waals surface area contributed by atoms with Gasteiger partial charge in [-0.25, -0.2) is 9.07 Å². The number of nitrogens with zero attached hydrogens (tertiary/aromatic N) is 4. The first-order valence-electron chi connectivity index (χ1n) is 7.85. The smallest absolute Gasteiger partial charge is 0.276 e. The van der Waals surface area contributed by atoms with Crippen LogP contribution in [0.25, 0.3) is 10.9 Å². The first-order valence-corrected chi connectivity index (χ1v) is 7.85. The van der Waals surface area contributed by atoms with Gasteiger partial charge in [0.15, 0.2) is 5.82 Å². The van der Waals surface area contributed by atoms with Crippen molar-refractivity contribution >= 4 is 22.6 Å². The van der Waals surface area contributed by atoms with Crippen molar-refractivity contribution in [2.75, 3.05) is 19.3 Å². The maximum absolute atomic E-state index is 13.0. The number of benzene rings is 1. The Morgan fingerprint density at radius 1 is 1.20 bits per heavy atom. The second-order valence-electron chi connectivity index (χ2n) is 6.14. The molecule has 25 heavy (non-hydrogen) atoms. The number of hydrogen-bond acceptors (Lipinski definition) is 4. The van der Waals surface area contributed by atoms with E-state index in [9.17, 15) is 14.0 Å². The van der Waals surface area contributed by atoms with Crippen molar-refractivity contribution in [3.05, 3.63) is 57.8 Å². The lowest BCUT2D eigenvalue weighted by Gasteiger charge is -2.24. The minimum Gasteiger partial charge on any atom is -0.381 e. The van der Waals surface area contributed by atoms with Gasteiger partial charge in [-0.1, -0.05) is 12.1 Å². The van der Waals surface area contributed by atoms with Crippen LogP contribution in [0.2, 0.25) is 0 Å². The van der Waals surface area contributed by atoms with Gasteiger partial charge in [0.25, 0.3) is 11.5 Å². The van der Waals surface area contributed by atoms with Crippen molar-refractivity contribution in [3.63, 3.8) is 0 Å². The van der Waals surface area contributed by atoms with Crippen LogP contribution in [0.4, 0.5) is 10.2 Å². The van der Waals surface area contributed by atoms with Gasteiger partial charge in [0.2, 0.25) is 0 Å². The Morgan fingerprint density at radius 3 is 2.64 bits per heavy atom. The first-order chi connectivity index (χ1) is 12.0. The van der Waals surface area contributed by atoms with Gasteiger partial charge in [0.1, 0.15) is 11.5 Å². The van der Waals surface area contributed by atoms with E-state index in [4.69, 9.17) is 5.73 Å². The monoisotopic (exact) mass is 341 g/mol. The quantitative estimate of drug-likeness (QED) is 0.755. The van der Waals surface area contributed by atoms with Gasteiger partial charge in [-0.05, 0) is 23.8 Å². The highest BCUT2D eigenvalue weighted by Crippen LogP contribution is 2.24. The summed E-state index contributed by atoms with van der Waals surface area (Å²) in [6.45, 7) is 1.29. The van der Waals surface area contributed by atoms with E-state index >= 15 is 0 Å². The van der Waals surface area contributed by atoms with E-state index in [2.05, 4.69) is 5.10 Å². The van der Waals surface area contributed by atoms with Crippen LogP contribution >= 0.6 is 0 Å².